The van der Waals surface area contributed by atoms with Gasteiger partial charge in [0.1, 0.15) is 17.0 Å². The van der Waals surface area contributed by atoms with Crippen LogP contribution in [-0.4, -0.2) is 29.0 Å². The van der Waals surface area contributed by atoms with Crippen LogP contribution >= 0.6 is 0 Å². The Hall–Kier alpha value is -2.66. The minimum atomic E-state index is -0.662. The van der Waals surface area contributed by atoms with Crippen LogP contribution in [0.15, 0.2) is 54.6 Å². The van der Waals surface area contributed by atoms with E-state index in [9.17, 15) is 9.59 Å². The molecule has 0 heterocycles. The Morgan fingerprint density at radius 1 is 0.812 bits per heavy atom. The number of hydrogen-bond donors (Lipinski definition) is 1. The second-order valence-electron chi connectivity index (χ2n) is 10.3. The summed E-state index contributed by atoms with van der Waals surface area (Å²) in [5.41, 5.74) is 7.19. The van der Waals surface area contributed by atoms with Crippen molar-refractivity contribution in [3.63, 3.8) is 0 Å². The quantitative estimate of drug-likeness (QED) is 0.563. The van der Waals surface area contributed by atoms with Crippen LogP contribution in [0, 0.1) is 5.92 Å². The van der Waals surface area contributed by atoms with Gasteiger partial charge >= 0.3 is 5.97 Å². The summed E-state index contributed by atoms with van der Waals surface area (Å²) in [4.78, 5) is 25.8. The summed E-state index contributed by atoms with van der Waals surface area (Å²) in [6, 6.07) is 16.6. The van der Waals surface area contributed by atoms with Crippen LogP contribution in [0.5, 0.6) is 5.75 Å². The Labute approximate surface area is 192 Å². The maximum Gasteiger partial charge on any atom is 0.310 e. The normalized spacial score (nSPS) is 13.8. The lowest BCUT2D eigenvalue weighted by Crippen LogP contribution is -2.37. The maximum absolute atomic E-state index is 12.9. The third-order valence-electron chi connectivity index (χ3n) is 4.73. The van der Waals surface area contributed by atoms with E-state index in [0.717, 1.165) is 16.9 Å². The molecule has 0 amide bonds. The van der Waals surface area contributed by atoms with E-state index in [4.69, 9.17) is 15.2 Å². The zero-order valence-corrected chi connectivity index (χ0v) is 20.2. The Morgan fingerprint density at radius 3 is 1.91 bits per heavy atom. The Bertz CT molecular complexity index is 877. The highest BCUT2D eigenvalue weighted by Crippen LogP contribution is 2.23. The summed E-state index contributed by atoms with van der Waals surface area (Å²) in [7, 11) is 0. The average Bonchev–Trinajstić information content (AvgIpc) is 2.67. The minimum absolute atomic E-state index is 0.0448. The Kier molecular flexibility index (Phi) is 8.62. The second kappa shape index (κ2) is 10.8. The number of carbonyl (C=O) groups is 2. The molecule has 0 aliphatic rings. The molecule has 0 aliphatic carbocycles. The standard InChI is InChI=1S/C27H37NO4/c1-26(2,3)31-22-14-12-20(13-15-22)16-21(25(30)32-27(4,5)6)18-24(29)23(28)17-19-10-8-7-9-11-19/h7-15,21,23H,16-18,28H2,1-6H3/t21-,23+/m1/s1. The van der Waals surface area contributed by atoms with E-state index in [1.54, 1.807) is 0 Å². The molecule has 0 bridgehead atoms. The Balaban J connectivity index is 2.11. The van der Waals surface area contributed by atoms with Crippen LogP contribution in [0.1, 0.15) is 59.1 Å². The summed E-state index contributed by atoms with van der Waals surface area (Å²) < 4.78 is 11.5. The highest BCUT2D eigenvalue weighted by molar-refractivity contribution is 5.88. The monoisotopic (exact) mass is 439 g/mol. The fourth-order valence-electron chi connectivity index (χ4n) is 3.33. The predicted octanol–water partition coefficient (Wildman–Crippen LogP) is 4.89. The lowest BCUT2D eigenvalue weighted by atomic mass is 9.90. The number of esters is 1. The summed E-state index contributed by atoms with van der Waals surface area (Å²) >= 11 is 0. The van der Waals surface area contributed by atoms with Crippen molar-refractivity contribution in [2.75, 3.05) is 0 Å². The van der Waals surface area contributed by atoms with E-state index >= 15 is 0 Å². The SMILES string of the molecule is CC(C)(C)OC(=O)[C@@H](CC(=O)[C@@H](N)Cc1ccccc1)Cc1ccc(OC(C)(C)C)cc1. The number of benzene rings is 2. The summed E-state index contributed by atoms with van der Waals surface area (Å²) in [5, 5.41) is 0. The first-order valence-electron chi connectivity index (χ1n) is 11.2. The topological polar surface area (TPSA) is 78.6 Å². The average molecular weight is 440 g/mol. The third kappa shape index (κ3) is 9.23. The zero-order valence-electron chi connectivity index (χ0n) is 20.2. The summed E-state index contributed by atoms with van der Waals surface area (Å²) in [5.74, 6) is -0.362. The zero-order chi connectivity index (χ0) is 23.9. The molecule has 2 aromatic rings. The third-order valence-corrected chi connectivity index (χ3v) is 4.73. The van der Waals surface area contributed by atoms with Crippen molar-refractivity contribution in [3.8, 4) is 5.75 Å². The summed E-state index contributed by atoms with van der Waals surface area (Å²) in [6.45, 7) is 11.4. The van der Waals surface area contributed by atoms with Gasteiger partial charge in [-0.05, 0) is 77.6 Å². The molecule has 2 rings (SSSR count). The van der Waals surface area contributed by atoms with E-state index in [2.05, 4.69) is 0 Å². The lowest BCUT2D eigenvalue weighted by Gasteiger charge is -2.25. The van der Waals surface area contributed by atoms with Crippen molar-refractivity contribution >= 4 is 11.8 Å². The first-order chi connectivity index (χ1) is 14.8. The molecule has 0 aromatic heterocycles. The molecule has 0 fully saturated rings. The fourth-order valence-corrected chi connectivity index (χ4v) is 3.33. The molecule has 0 unspecified atom stereocenters. The number of ketones is 1. The van der Waals surface area contributed by atoms with E-state index < -0.39 is 17.6 Å². The fraction of sp³-hybridized carbons (Fsp3) is 0.481. The summed E-state index contributed by atoms with van der Waals surface area (Å²) in [6.07, 6.45) is 0.886. The van der Waals surface area contributed by atoms with Gasteiger partial charge in [-0.3, -0.25) is 9.59 Å². The van der Waals surface area contributed by atoms with Gasteiger partial charge in [0.2, 0.25) is 0 Å². The first-order valence-corrected chi connectivity index (χ1v) is 11.2. The molecule has 2 aromatic carbocycles. The Morgan fingerprint density at radius 2 is 1.38 bits per heavy atom. The molecule has 0 spiro atoms. The van der Waals surface area contributed by atoms with Crippen molar-refractivity contribution in [1.82, 2.24) is 0 Å². The van der Waals surface area contributed by atoms with Gasteiger partial charge in [-0.25, -0.2) is 0 Å². The molecular weight excluding hydrogens is 402 g/mol. The van der Waals surface area contributed by atoms with Crippen molar-refractivity contribution in [2.45, 2.75) is 78.0 Å². The van der Waals surface area contributed by atoms with Gasteiger partial charge in [0, 0.05) is 6.42 Å². The van der Waals surface area contributed by atoms with E-state index in [-0.39, 0.29) is 23.8 Å². The van der Waals surface area contributed by atoms with Gasteiger partial charge in [0.05, 0.1) is 12.0 Å². The van der Waals surface area contributed by atoms with Crippen LogP contribution in [-0.2, 0) is 27.2 Å². The van der Waals surface area contributed by atoms with Gasteiger partial charge in [-0.1, -0.05) is 42.5 Å². The molecule has 5 heteroatoms. The van der Waals surface area contributed by atoms with Crippen molar-refractivity contribution in [3.05, 3.63) is 65.7 Å². The van der Waals surface area contributed by atoms with Crippen molar-refractivity contribution in [1.29, 1.82) is 0 Å². The van der Waals surface area contributed by atoms with Crippen LogP contribution in [0.25, 0.3) is 0 Å². The van der Waals surface area contributed by atoms with Crippen molar-refractivity contribution < 1.29 is 19.1 Å². The number of nitrogens with two attached hydrogens (primary N) is 1. The van der Waals surface area contributed by atoms with Gasteiger partial charge in [-0.15, -0.1) is 0 Å². The van der Waals surface area contributed by atoms with Gasteiger partial charge in [0.15, 0.2) is 5.78 Å². The largest absolute Gasteiger partial charge is 0.488 e. The van der Waals surface area contributed by atoms with Crippen molar-refractivity contribution in [2.24, 2.45) is 11.7 Å². The van der Waals surface area contributed by atoms with Gasteiger partial charge < -0.3 is 15.2 Å². The molecule has 2 N–H and O–H groups in total. The molecule has 174 valence electrons. The number of hydrogen-bond acceptors (Lipinski definition) is 5. The number of rotatable bonds is 9. The van der Waals surface area contributed by atoms with Crippen LogP contribution < -0.4 is 10.5 Å². The van der Waals surface area contributed by atoms with E-state index in [0.29, 0.717) is 12.8 Å². The molecule has 0 saturated carbocycles. The molecule has 5 nitrogen and oxygen atoms in total. The van der Waals surface area contributed by atoms with E-state index in [1.807, 2.05) is 96.1 Å². The van der Waals surface area contributed by atoms with Crippen LogP contribution in [0.4, 0.5) is 0 Å². The second-order valence-corrected chi connectivity index (χ2v) is 10.3. The molecule has 0 aliphatic heterocycles. The lowest BCUT2D eigenvalue weighted by molar-refractivity contribution is -0.161. The number of Topliss-reactive ketones (excluding diaryl/α,β-unsaturated/α-hetero) is 1. The first kappa shape index (κ1) is 25.6. The van der Waals surface area contributed by atoms with Crippen LogP contribution in [0.2, 0.25) is 0 Å². The number of carbonyl (C=O) groups excluding carboxylic acids is 2. The van der Waals surface area contributed by atoms with E-state index in [1.165, 1.54) is 0 Å². The van der Waals surface area contributed by atoms with Gasteiger partial charge in [-0.2, -0.15) is 0 Å². The predicted molar refractivity (Wildman–Crippen MR) is 128 cm³/mol. The maximum atomic E-state index is 12.9. The molecule has 32 heavy (non-hydrogen) atoms. The molecule has 0 radical (unpaired) electrons. The number of ether oxygens (including phenoxy) is 2. The highest BCUT2D eigenvalue weighted by Gasteiger charge is 2.29. The minimum Gasteiger partial charge on any atom is -0.488 e. The van der Waals surface area contributed by atoms with Gasteiger partial charge in [0.25, 0.3) is 0 Å². The molecular formula is C27H37NO4. The molecule has 0 saturated heterocycles. The highest BCUT2D eigenvalue weighted by atomic mass is 16.6. The molecule has 2 atom stereocenters. The smallest absolute Gasteiger partial charge is 0.310 e. The van der Waals surface area contributed by atoms with Crippen LogP contribution in [0.3, 0.4) is 0 Å².